The Hall–Kier alpha value is -11.1. The van der Waals surface area contributed by atoms with Crippen LogP contribution in [0.4, 0.5) is 34.1 Å². The van der Waals surface area contributed by atoms with Gasteiger partial charge in [0.15, 0.2) is 0 Å². The van der Waals surface area contributed by atoms with Crippen LogP contribution in [0.1, 0.15) is 0 Å². The van der Waals surface area contributed by atoms with Crippen LogP contribution in [-0.2, 0) is 0 Å². The van der Waals surface area contributed by atoms with E-state index in [2.05, 4.69) is 306 Å². The summed E-state index contributed by atoms with van der Waals surface area (Å²) in [7, 11) is 0. The van der Waals surface area contributed by atoms with Crippen molar-refractivity contribution < 1.29 is 8.83 Å². The third-order valence-electron chi connectivity index (χ3n) is 17.8. The predicted molar refractivity (Wildman–Crippen MR) is 351 cm³/mol. The van der Waals surface area contributed by atoms with E-state index in [1.807, 2.05) is 0 Å². The van der Waals surface area contributed by atoms with Crippen molar-refractivity contribution in [3.8, 4) is 50.2 Å². The van der Waals surface area contributed by atoms with Gasteiger partial charge in [0, 0.05) is 66.2 Å². The van der Waals surface area contributed by atoms with Crippen LogP contribution in [0, 0.1) is 0 Å². The number of para-hydroxylation sites is 6. The average Bonchev–Trinajstić information content (AvgIpc) is 4.07. The zero-order chi connectivity index (χ0) is 55.0. The lowest BCUT2D eigenvalue weighted by Crippen LogP contribution is -2.61. The summed E-state index contributed by atoms with van der Waals surface area (Å²) in [6.07, 6.45) is 0. The zero-order valence-electron chi connectivity index (χ0n) is 45.4. The first-order valence-electron chi connectivity index (χ1n) is 28.8. The molecule has 16 aromatic rings. The first-order valence-corrected chi connectivity index (χ1v) is 28.8. The van der Waals surface area contributed by atoms with Gasteiger partial charge in [0.05, 0.1) is 28.1 Å². The van der Waals surface area contributed by atoms with Gasteiger partial charge in [-0.2, -0.15) is 0 Å². The van der Waals surface area contributed by atoms with Crippen molar-refractivity contribution >= 4 is 123 Å². The Labute approximate surface area is 484 Å². The van der Waals surface area contributed by atoms with Gasteiger partial charge in [-0.05, 0) is 123 Å². The molecule has 5 heterocycles. The third-order valence-corrected chi connectivity index (χ3v) is 17.8. The van der Waals surface area contributed by atoms with E-state index in [1.54, 1.807) is 0 Å². The van der Waals surface area contributed by atoms with E-state index in [-0.39, 0.29) is 6.71 Å². The summed E-state index contributed by atoms with van der Waals surface area (Å²) >= 11 is 0. The van der Waals surface area contributed by atoms with Crippen LogP contribution in [0.3, 0.4) is 0 Å². The standard InChI is InChI=1S/C78H48BN3O2/c1-3-21-49(22-4-1)54-25-7-13-33-64(54)81-68-43-41-51(56-31-19-39-74-76(56)60-29-11-17-37-72(60)83-74)45-62(68)79-63-46-52(57-32-20-40-75-77(57)61-30-12-18-38-73(61)84-75)42-44-69(63)82(65-34-14-8-26-55(65)50-23-5-2-6-24-50)71-48-53(47-70(81)78(71)79)80-66-35-15-9-27-58(66)59-28-10-16-36-67(59)80/h1-48H. The molecule has 2 aliphatic rings. The number of rotatable bonds is 7. The molecular formula is C78H48BN3O2. The first-order chi connectivity index (χ1) is 41.7. The minimum absolute atomic E-state index is 0.243. The lowest BCUT2D eigenvalue weighted by molar-refractivity contribution is 0.668. The van der Waals surface area contributed by atoms with E-state index in [0.29, 0.717) is 0 Å². The number of anilines is 6. The van der Waals surface area contributed by atoms with Crippen molar-refractivity contribution in [1.82, 2.24) is 4.57 Å². The third kappa shape index (κ3) is 6.85. The number of benzene rings is 13. The van der Waals surface area contributed by atoms with E-state index in [0.717, 1.165) is 139 Å². The van der Waals surface area contributed by atoms with Crippen LogP contribution in [0.5, 0.6) is 0 Å². The zero-order valence-corrected chi connectivity index (χ0v) is 45.4. The number of nitrogens with zero attached hydrogens (tertiary/aromatic N) is 3. The number of aromatic nitrogens is 1. The maximum absolute atomic E-state index is 6.59. The van der Waals surface area contributed by atoms with E-state index in [4.69, 9.17) is 8.83 Å². The summed E-state index contributed by atoms with van der Waals surface area (Å²) in [5.41, 5.74) is 26.2. The minimum atomic E-state index is -0.243. The maximum Gasteiger partial charge on any atom is 0.252 e. The van der Waals surface area contributed by atoms with Gasteiger partial charge in [-0.3, -0.25) is 0 Å². The van der Waals surface area contributed by atoms with Crippen LogP contribution in [0.25, 0.3) is 116 Å². The molecule has 6 heteroatoms. The van der Waals surface area contributed by atoms with Crippen LogP contribution in [0.15, 0.2) is 300 Å². The molecule has 3 aromatic heterocycles. The summed E-state index contributed by atoms with van der Waals surface area (Å²) in [4.78, 5) is 5.16. The van der Waals surface area contributed by atoms with Gasteiger partial charge in [0.1, 0.15) is 22.3 Å². The van der Waals surface area contributed by atoms with E-state index in [1.165, 1.54) is 27.2 Å². The summed E-state index contributed by atoms with van der Waals surface area (Å²) in [6, 6.07) is 107. The average molecular weight is 1070 g/mol. The number of fused-ring (bicyclic) bond motifs is 13. The summed E-state index contributed by atoms with van der Waals surface area (Å²) in [5, 5.41) is 6.86. The second-order valence-electron chi connectivity index (χ2n) is 22.2. The van der Waals surface area contributed by atoms with Crippen molar-refractivity contribution in [2.45, 2.75) is 0 Å². The molecule has 0 N–H and O–H groups in total. The summed E-state index contributed by atoms with van der Waals surface area (Å²) in [5.74, 6) is 0. The topological polar surface area (TPSA) is 37.7 Å². The van der Waals surface area contributed by atoms with Gasteiger partial charge < -0.3 is 23.2 Å². The molecule has 5 nitrogen and oxygen atoms in total. The Bertz CT molecular complexity index is 5040. The van der Waals surface area contributed by atoms with Crippen LogP contribution in [-0.4, -0.2) is 11.3 Å². The molecule has 0 unspecified atom stereocenters. The maximum atomic E-state index is 6.59. The second-order valence-corrected chi connectivity index (χ2v) is 22.2. The SMILES string of the molecule is c1ccc(-c2ccccc2N2c3ccc(-c4cccc5oc6ccccc6c45)cc3B3c4cc(-c5cccc6oc7ccccc7c56)ccc4N(c4ccccc4-c4ccccc4)c4cc(-n5c6ccccc6c6ccccc65)cc2c43)cc1. The van der Waals surface area contributed by atoms with Gasteiger partial charge in [-0.25, -0.2) is 0 Å². The molecule has 390 valence electrons. The van der Waals surface area contributed by atoms with E-state index in [9.17, 15) is 0 Å². The smallest absolute Gasteiger partial charge is 0.252 e. The van der Waals surface area contributed by atoms with Crippen LogP contribution in [0.2, 0.25) is 0 Å². The summed E-state index contributed by atoms with van der Waals surface area (Å²) < 4.78 is 15.7. The lowest BCUT2D eigenvalue weighted by Gasteiger charge is -2.45. The quantitative estimate of drug-likeness (QED) is 0.149. The van der Waals surface area contributed by atoms with Crippen molar-refractivity contribution in [1.29, 1.82) is 0 Å². The normalized spacial score (nSPS) is 12.7. The van der Waals surface area contributed by atoms with Crippen molar-refractivity contribution in [2.75, 3.05) is 9.80 Å². The number of hydrogen-bond donors (Lipinski definition) is 0. The van der Waals surface area contributed by atoms with Crippen molar-refractivity contribution in [3.63, 3.8) is 0 Å². The Kier molecular flexibility index (Phi) is 10.1. The molecule has 13 aromatic carbocycles. The van der Waals surface area contributed by atoms with Crippen molar-refractivity contribution in [2.24, 2.45) is 0 Å². The molecule has 84 heavy (non-hydrogen) atoms. The van der Waals surface area contributed by atoms with Gasteiger partial charge >= 0.3 is 0 Å². The fourth-order valence-electron chi connectivity index (χ4n) is 14.3. The minimum Gasteiger partial charge on any atom is -0.456 e. The molecule has 0 saturated heterocycles. The molecular weight excluding hydrogens is 1020 g/mol. The van der Waals surface area contributed by atoms with Gasteiger partial charge in [-0.15, -0.1) is 0 Å². The summed E-state index contributed by atoms with van der Waals surface area (Å²) in [6.45, 7) is -0.243. The fourth-order valence-corrected chi connectivity index (χ4v) is 14.3. The molecule has 0 radical (unpaired) electrons. The molecule has 0 fully saturated rings. The van der Waals surface area contributed by atoms with Gasteiger partial charge in [-0.1, -0.05) is 218 Å². The van der Waals surface area contributed by atoms with E-state index >= 15 is 0 Å². The molecule has 18 rings (SSSR count). The highest BCUT2D eigenvalue weighted by Gasteiger charge is 2.45. The van der Waals surface area contributed by atoms with Gasteiger partial charge in [0.2, 0.25) is 0 Å². The molecule has 0 aliphatic carbocycles. The molecule has 2 aliphatic heterocycles. The number of furan rings is 2. The Balaban J connectivity index is 1.00. The molecule has 0 atom stereocenters. The molecule has 0 saturated carbocycles. The van der Waals surface area contributed by atoms with Gasteiger partial charge in [0.25, 0.3) is 6.71 Å². The molecule has 0 amide bonds. The second kappa shape index (κ2) is 18.2. The lowest BCUT2D eigenvalue weighted by atomic mass is 9.33. The monoisotopic (exact) mass is 1070 g/mol. The van der Waals surface area contributed by atoms with Crippen LogP contribution >= 0.6 is 0 Å². The Morgan fingerprint density at radius 2 is 0.655 bits per heavy atom. The predicted octanol–water partition coefficient (Wildman–Crippen LogP) is 19.3. The fraction of sp³-hybridized carbons (Fsp3) is 0. The Morgan fingerprint density at radius 1 is 0.262 bits per heavy atom. The first kappa shape index (κ1) is 46.7. The van der Waals surface area contributed by atoms with Crippen LogP contribution < -0.4 is 26.2 Å². The highest BCUT2D eigenvalue weighted by molar-refractivity contribution is 7.00. The Morgan fingerprint density at radius 3 is 1.14 bits per heavy atom. The molecule has 0 spiro atoms. The van der Waals surface area contributed by atoms with Crippen molar-refractivity contribution in [3.05, 3.63) is 291 Å². The highest BCUT2D eigenvalue weighted by atomic mass is 16.3. The van der Waals surface area contributed by atoms with E-state index < -0.39 is 0 Å². The number of hydrogen-bond acceptors (Lipinski definition) is 4. The molecule has 0 bridgehead atoms. The highest BCUT2D eigenvalue weighted by Crippen LogP contribution is 2.51. The largest absolute Gasteiger partial charge is 0.456 e.